The van der Waals surface area contributed by atoms with Gasteiger partial charge in [-0.05, 0) is 6.42 Å². The van der Waals surface area contributed by atoms with Crippen molar-refractivity contribution < 1.29 is 14.7 Å². The summed E-state index contributed by atoms with van der Waals surface area (Å²) in [6, 6.07) is 0. The molecule has 2 amide bonds. The van der Waals surface area contributed by atoms with E-state index in [4.69, 9.17) is 5.11 Å². The van der Waals surface area contributed by atoms with Crippen LogP contribution in [0.25, 0.3) is 0 Å². The Labute approximate surface area is 76.0 Å². The Kier molecular flexibility index (Phi) is 3.11. The van der Waals surface area contributed by atoms with E-state index in [2.05, 4.69) is 12.6 Å². The van der Waals surface area contributed by atoms with Gasteiger partial charge in [-0.15, -0.1) is 0 Å². The first-order chi connectivity index (χ1) is 5.66. The molecule has 5 heteroatoms. The van der Waals surface area contributed by atoms with Crippen molar-refractivity contribution in [2.24, 2.45) is 0 Å². The van der Waals surface area contributed by atoms with Crippen molar-refractivity contribution in [3.05, 3.63) is 0 Å². The van der Waals surface area contributed by atoms with E-state index < -0.39 is 5.25 Å². The van der Waals surface area contributed by atoms with E-state index in [0.717, 1.165) is 4.90 Å². The number of rotatable bonds is 3. The van der Waals surface area contributed by atoms with Crippen molar-refractivity contribution in [3.63, 3.8) is 0 Å². The van der Waals surface area contributed by atoms with Crippen molar-refractivity contribution in [2.75, 3.05) is 13.2 Å². The van der Waals surface area contributed by atoms with Crippen molar-refractivity contribution in [3.8, 4) is 0 Å². The fraction of sp³-hybridized carbons (Fsp3) is 0.714. The number of hydrogen-bond acceptors (Lipinski definition) is 4. The maximum atomic E-state index is 11.2. The van der Waals surface area contributed by atoms with Crippen LogP contribution in [0, 0.1) is 0 Å². The molecule has 1 aliphatic heterocycles. The summed E-state index contributed by atoms with van der Waals surface area (Å²) in [5, 5.41) is 8.02. The third-order valence-electron chi connectivity index (χ3n) is 1.76. The van der Waals surface area contributed by atoms with E-state index >= 15 is 0 Å². The topological polar surface area (TPSA) is 57.6 Å². The molecule has 1 fully saturated rings. The van der Waals surface area contributed by atoms with E-state index in [-0.39, 0.29) is 24.8 Å². The molecular formula is C7H11NO3S. The zero-order valence-corrected chi connectivity index (χ0v) is 7.46. The molecule has 0 aromatic rings. The number of amides is 2. The second-order valence-corrected chi connectivity index (χ2v) is 3.30. The number of carbonyl (C=O) groups is 2. The van der Waals surface area contributed by atoms with Crippen LogP contribution in [-0.4, -0.2) is 40.2 Å². The molecule has 0 radical (unpaired) electrons. The van der Waals surface area contributed by atoms with Gasteiger partial charge in [0, 0.05) is 19.6 Å². The summed E-state index contributed by atoms with van der Waals surface area (Å²) in [5.74, 6) is -0.426. The van der Waals surface area contributed by atoms with Crippen LogP contribution >= 0.6 is 12.6 Å². The minimum absolute atomic E-state index is 0.00566. The van der Waals surface area contributed by atoms with Gasteiger partial charge in [0.1, 0.15) is 0 Å². The van der Waals surface area contributed by atoms with Crippen LogP contribution in [0.4, 0.5) is 0 Å². The molecule has 0 bridgehead atoms. The third-order valence-corrected chi connectivity index (χ3v) is 2.16. The number of likely N-dealkylation sites (tertiary alicyclic amines) is 1. The molecule has 0 spiro atoms. The summed E-state index contributed by atoms with van der Waals surface area (Å²) in [7, 11) is 0. The Morgan fingerprint density at radius 3 is 2.67 bits per heavy atom. The number of thiol groups is 1. The molecule has 1 atom stereocenters. The summed E-state index contributed by atoms with van der Waals surface area (Å²) in [4.78, 5) is 23.4. The zero-order valence-electron chi connectivity index (χ0n) is 6.56. The second kappa shape index (κ2) is 3.91. The molecule has 1 rings (SSSR count). The van der Waals surface area contributed by atoms with Crippen molar-refractivity contribution >= 4 is 24.4 Å². The highest BCUT2D eigenvalue weighted by molar-refractivity contribution is 7.81. The number of aliphatic hydroxyl groups excluding tert-OH is 1. The predicted molar refractivity (Wildman–Crippen MR) is 45.8 cm³/mol. The van der Waals surface area contributed by atoms with Crippen LogP contribution in [0.5, 0.6) is 0 Å². The van der Waals surface area contributed by atoms with Crippen LogP contribution in [-0.2, 0) is 9.59 Å². The lowest BCUT2D eigenvalue weighted by molar-refractivity contribution is -0.138. The first-order valence-electron chi connectivity index (χ1n) is 3.80. The first kappa shape index (κ1) is 9.54. The predicted octanol–water partition coefficient (Wildman–Crippen LogP) is -0.574. The monoisotopic (exact) mass is 189 g/mol. The summed E-state index contributed by atoms with van der Waals surface area (Å²) >= 11 is 3.95. The van der Waals surface area contributed by atoms with E-state index in [9.17, 15) is 9.59 Å². The van der Waals surface area contributed by atoms with Crippen LogP contribution in [0.15, 0.2) is 0 Å². The quantitative estimate of drug-likeness (QED) is 0.461. The van der Waals surface area contributed by atoms with Gasteiger partial charge in [0.05, 0.1) is 5.25 Å². The molecule has 1 saturated heterocycles. The SMILES string of the molecule is O=C1C[C@H](S)C(=O)N1CCCO. The van der Waals surface area contributed by atoms with Gasteiger partial charge in [-0.3, -0.25) is 14.5 Å². The normalized spacial score (nSPS) is 23.8. The summed E-state index contributed by atoms with van der Waals surface area (Å²) in [6.45, 7) is 0.305. The first-order valence-corrected chi connectivity index (χ1v) is 4.31. The maximum Gasteiger partial charge on any atom is 0.242 e. The van der Waals surface area contributed by atoms with Gasteiger partial charge < -0.3 is 5.11 Å². The van der Waals surface area contributed by atoms with Crippen molar-refractivity contribution in [2.45, 2.75) is 18.1 Å². The highest BCUT2D eigenvalue weighted by Gasteiger charge is 2.35. The molecule has 1 heterocycles. The van der Waals surface area contributed by atoms with Gasteiger partial charge >= 0.3 is 0 Å². The van der Waals surface area contributed by atoms with Gasteiger partial charge in [0.25, 0.3) is 0 Å². The number of carbonyl (C=O) groups excluding carboxylic acids is 2. The fourth-order valence-electron chi connectivity index (χ4n) is 1.13. The molecule has 1 N–H and O–H groups in total. The number of nitrogens with zero attached hydrogens (tertiary/aromatic N) is 1. The van der Waals surface area contributed by atoms with Gasteiger partial charge in [-0.2, -0.15) is 12.6 Å². The minimum atomic E-state index is -0.476. The molecule has 0 aliphatic carbocycles. The van der Waals surface area contributed by atoms with Crippen LogP contribution in [0.1, 0.15) is 12.8 Å². The Hall–Kier alpha value is -0.550. The minimum Gasteiger partial charge on any atom is -0.396 e. The summed E-state index contributed by atoms with van der Waals surface area (Å²) in [5.41, 5.74) is 0. The van der Waals surface area contributed by atoms with Crippen molar-refractivity contribution in [1.29, 1.82) is 0 Å². The molecular weight excluding hydrogens is 178 g/mol. The molecule has 0 saturated carbocycles. The fourth-order valence-corrected chi connectivity index (χ4v) is 1.42. The zero-order chi connectivity index (χ0) is 9.14. The smallest absolute Gasteiger partial charge is 0.242 e. The number of hydrogen-bond donors (Lipinski definition) is 2. The Balaban J connectivity index is 2.52. The largest absolute Gasteiger partial charge is 0.396 e. The summed E-state index contributed by atoms with van der Waals surface area (Å²) < 4.78 is 0. The van der Waals surface area contributed by atoms with E-state index in [1.807, 2.05) is 0 Å². The van der Waals surface area contributed by atoms with Crippen LogP contribution < -0.4 is 0 Å². The van der Waals surface area contributed by atoms with E-state index in [0.29, 0.717) is 13.0 Å². The highest BCUT2D eigenvalue weighted by atomic mass is 32.1. The molecule has 12 heavy (non-hydrogen) atoms. The second-order valence-electron chi connectivity index (χ2n) is 2.68. The third kappa shape index (κ3) is 1.78. The Morgan fingerprint density at radius 2 is 2.25 bits per heavy atom. The average molecular weight is 189 g/mol. The van der Waals surface area contributed by atoms with Crippen LogP contribution in [0.3, 0.4) is 0 Å². The average Bonchev–Trinajstić information content (AvgIpc) is 2.25. The van der Waals surface area contributed by atoms with E-state index in [1.54, 1.807) is 0 Å². The number of imide groups is 1. The van der Waals surface area contributed by atoms with Crippen molar-refractivity contribution in [1.82, 2.24) is 4.90 Å². The molecule has 0 unspecified atom stereocenters. The molecule has 68 valence electrons. The maximum absolute atomic E-state index is 11.2. The lowest BCUT2D eigenvalue weighted by atomic mass is 10.4. The molecule has 0 aromatic heterocycles. The lowest BCUT2D eigenvalue weighted by Gasteiger charge is -2.12. The highest BCUT2D eigenvalue weighted by Crippen LogP contribution is 2.17. The molecule has 1 aliphatic rings. The van der Waals surface area contributed by atoms with Gasteiger partial charge in [-0.1, -0.05) is 0 Å². The summed E-state index contributed by atoms with van der Waals surface area (Å²) in [6.07, 6.45) is 0.630. The van der Waals surface area contributed by atoms with E-state index in [1.165, 1.54) is 0 Å². The van der Waals surface area contributed by atoms with Gasteiger partial charge in [0.2, 0.25) is 11.8 Å². The number of aliphatic hydroxyl groups is 1. The lowest BCUT2D eigenvalue weighted by Crippen LogP contribution is -2.32. The van der Waals surface area contributed by atoms with Gasteiger partial charge in [0.15, 0.2) is 0 Å². The Morgan fingerprint density at radius 1 is 1.58 bits per heavy atom. The molecule has 0 aromatic carbocycles. The Bertz CT molecular complexity index is 207. The van der Waals surface area contributed by atoms with Crippen LogP contribution in [0.2, 0.25) is 0 Å². The molecule has 4 nitrogen and oxygen atoms in total. The standard InChI is InChI=1S/C7H11NO3S/c9-3-1-2-8-6(10)4-5(12)7(8)11/h5,9,12H,1-4H2/t5-/m0/s1. The van der Waals surface area contributed by atoms with Gasteiger partial charge in [-0.25, -0.2) is 0 Å².